The summed E-state index contributed by atoms with van der Waals surface area (Å²) in [7, 11) is 0. The predicted molar refractivity (Wildman–Crippen MR) is 35.4 cm³/mol. The van der Waals surface area contributed by atoms with Gasteiger partial charge in [0, 0.05) is 5.33 Å². The van der Waals surface area contributed by atoms with E-state index in [0.717, 1.165) is 11.9 Å². The van der Waals surface area contributed by atoms with Gasteiger partial charge in [0.25, 0.3) is 0 Å². The smallest absolute Gasteiger partial charge is 0.0739 e. The molecule has 3 heteroatoms. The molecule has 8 heavy (non-hydrogen) atoms. The maximum atomic E-state index is 3.74. The lowest BCUT2D eigenvalue weighted by Gasteiger charge is -1.88. The van der Waals surface area contributed by atoms with Crippen LogP contribution in [0.2, 0.25) is 0 Å². The highest BCUT2D eigenvalue weighted by atomic mass is 79.9. The highest BCUT2D eigenvalue weighted by molar-refractivity contribution is 9.09. The van der Waals surface area contributed by atoms with Crippen molar-refractivity contribution >= 4 is 15.9 Å². The van der Waals surface area contributed by atoms with E-state index < -0.39 is 0 Å². The van der Waals surface area contributed by atoms with Gasteiger partial charge < -0.3 is 18.1 Å². The SMILES string of the molecule is [Cl-].[NH3+]CCCCCBr. The van der Waals surface area contributed by atoms with Gasteiger partial charge in [-0.1, -0.05) is 15.9 Å². The summed E-state index contributed by atoms with van der Waals surface area (Å²) in [5.74, 6) is 0. The molecule has 0 saturated carbocycles. The van der Waals surface area contributed by atoms with E-state index in [4.69, 9.17) is 0 Å². The van der Waals surface area contributed by atoms with Crippen molar-refractivity contribution in [3.8, 4) is 0 Å². The Kier molecular flexibility index (Phi) is 15.4. The van der Waals surface area contributed by atoms with Crippen LogP contribution < -0.4 is 18.1 Å². The highest BCUT2D eigenvalue weighted by Gasteiger charge is 1.82. The van der Waals surface area contributed by atoms with Crippen LogP contribution >= 0.6 is 15.9 Å². The first-order chi connectivity index (χ1) is 3.41. The first kappa shape index (κ1) is 11.5. The summed E-state index contributed by atoms with van der Waals surface area (Å²) in [6, 6.07) is 0. The summed E-state index contributed by atoms with van der Waals surface area (Å²) in [5.41, 5.74) is 3.74. The standard InChI is InChI=1S/C5H12BrN.ClH/c6-4-2-1-3-5-7;/h1-5,7H2;1H. The molecule has 0 amide bonds. The van der Waals surface area contributed by atoms with Gasteiger partial charge in [0.15, 0.2) is 0 Å². The second kappa shape index (κ2) is 10.7. The van der Waals surface area contributed by atoms with Gasteiger partial charge in [-0.25, -0.2) is 0 Å². The Hall–Kier alpha value is 0.730. The Bertz CT molecular complexity index is 31.6. The average Bonchev–Trinajstić information content (AvgIpc) is 1.69. The zero-order valence-corrected chi connectivity index (χ0v) is 7.34. The zero-order chi connectivity index (χ0) is 5.54. The Morgan fingerprint density at radius 2 is 1.75 bits per heavy atom. The van der Waals surface area contributed by atoms with Crippen LogP contribution in [0.25, 0.3) is 0 Å². The zero-order valence-electron chi connectivity index (χ0n) is 5.00. The molecule has 0 fully saturated rings. The van der Waals surface area contributed by atoms with Crippen LogP contribution in [0.1, 0.15) is 19.3 Å². The minimum Gasteiger partial charge on any atom is -1.00 e. The molecule has 0 aliphatic heterocycles. The molecule has 3 N–H and O–H groups in total. The topological polar surface area (TPSA) is 27.6 Å². The maximum Gasteiger partial charge on any atom is 0.0739 e. The summed E-state index contributed by atoms with van der Waals surface area (Å²) in [4.78, 5) is 0. The Labute approximate surface area is 65.6 Å². The summed E-state index contributed by atoms with van der Waals surface area (Å²) in [5, 5.41) is 1.15. The fourth-order valence-electron chi connectivity index (χ4n) is 0.448. The maximum absolute atomic E-state index is 3.74. The van der Waals surface area contributed by atoms with Crippen molar-refractivity contribution in [2.75, 3.05) is 11.9 Å². The second-order valence-electron chi connectivity index (χ2n) is 1.60. The van der Waals surface area contributed by atoms with Gasteiger partial charge in [-0.2, -0.15) is 0 Å². The monoisotopic (exact) mass is 201 g/mol. The van der Waals surface area contributed by atoms with Gasteiger partial charge in [0.2, 0.25) is 0 Å². The van der Waals surface area contributed by atoms with Gasteiger partial charge in [0.1, 0.15) is 0 Å². The molecule has 0 aliphatic rings. The number of unbranched alkanes of at least 4 members (excludes halogenated alkanes) is 2. The predicted octanol–water partition coefficient (Wildman–Crippen LogP) is -2.20. The molecule has 0 saturated heterocycles. The van der Waals surface area contributed by atoms with E-state index in [0.29, 0.717) is 0 Å². The number of hydrogen-bond donors (Lipinski definition) is 1. The first-order valence-electron chi connectivity index (χ1n) is 2.77. The van der Waals surface area contributed by atoms with Crippen LogP contribution in [-0.2, 0) is 0 Å². The van der Waals surface area contributed by atoms with Crippen molar-refractivity contribution in [3.63, 3.8) is 0 Å². The van der Waals surface area contributed by atoms with E-state index >= 15 is 0 Å². The van der Waals surface area contributed by atoms with Crippen LogP contribution in [0.15, 0.2) is 0 Å². The molecule has 0 aromatic heterocycles. The average molecular weight is 203 g/mol. The molecule has 0 bridgehead atoms. The lowest BCUT2D eigenvalue weighted by atomic mass is 10.3. The van der Waals surface area contributed by atoms with Crippen LogP contribution in [0.3, 0.4) is 0 Å². The molecule has 1 nitrogen and oxygen atoms in total. The Morgan fingerprint density at radius 3 is 2.12 bits per heavy atom. The van der Waals surface area contributed by atoms with Crippen molar-refractivity contribution < 1.29 is 18.1 Å². The summed E-state index contributed by atoms with van der Waals surface area (Å²) in [6.07, 6.45) is 3.91. The van der Waals surface area contributed by atoms with Gasteiger partial charge in [-0.05, 0) is 19.3 Å². The van der Waals surface area contributed by atoms with Crippen LogP contribution in [0.5, 0.6) is 0 Å². The quantitative estimate of drug-likeness (QED) is 0.396. The number of halogens is 2. The van der Waals surface area contributed by atoms with E-state index in [-0.39, 0.29) is 12.4 Å². The van der Waals surface area contributed by atoms with Gasteiger partial charge in [0.05, 0.1) is 6.54 Å². The van der Waals surface area contributed by atoms with Crippen molar-refractivity contribution in [1.82, 2.24) is 0 Å². The van der Waals surface area contributed by atoms with E-state index in [1.165, 1.54) is 19.3 Å². The third-order valence-corrected chi connectivity index (χ3v) is 1.44. The molecule has 0 aromatic carbocycles. The van der Waals surface area contributed by atoms with E-state index in [9.17, 15) is 0 Å². The Balaban J connectivity index is 0. The molecule has 0 spiro atoms. The number of quaternary nitrogens is 1. The van der Waals surface area contributed by atoms with Gasteiger partial charge in [-0.15, -0.1) is 0 Å². The molecule has 0 atom stereocenters. The van der Waals surface area contributed by atoms with Crippen LogP contribution in [0, 0.1) is 0 Å². The lowest BCUT2D eigenvalue weighted by molar-refractivity contribution is -0.368. The third kappa shape index (κ3) is 9.88. The molecule has 0 rings (SSSR count). The molecule has 0 radical (unpaired) electrons. The summed E-state index contributed by atoms with van der Waals surface area (Å²) in [6.45, 7) is 1.09. The second-order valence-corrected chi connectivity index (χ2v) is 2.40. The fraction of sp³-hybridized carbons (Fsp3) is 1.00. The largest absolute Gasteiger partial charge is 1.00 e. The molecule has 0 aromatic rings. The third-order valence-electron chi connectivity index (χ3n) is 0.884. The molecular formula is C5H13BrClN. The minimum atomic E-state index is 0. The highest BCUT2D eigenvalue weighted by Crippen LogP contribution is 1.95. The van der Waals surface area contributed by atoms with E-state index in [1.807, 2.05) is 0 Å². The van der Waals surface area contributed by atoms with Crippen molar-refractivity contribution in [1.29, 1.82) is 0 Å². The molecule has 0 unspecified atom stereocenters. The van der Waals surface area contributed by atoms with E-state index in [2.05, 4.69) is 21.7 Å². The van der Waals surface area contributed by atoms with E-state index in [1.54, 1.807) is 0 Å². The Morgan fingerprint density at radius 1 is 1.12 bits per heavy atom. The van der Waals surface area contributed by atoms with Crippen LogP contribution in [-0.4, -0.2) is 11.9 Å². The van der Waals surface area contributed by atoms with Crippen molar-refractivity contribution in [2.24, 2.45) is 0 Å². The molecule has 0 heterocycles. The normalized spacial score (nSPS) is 8.25. The van der Waals surface area contributed by atoms with Crippen molar-refractivity contribution in [3.05, 3.63) is 0 Å². The molecule has 52 valence electrons. The first-order valence-corrected chi connectivity index (χ1v) is 3.89. The van der Waals surface area contributed by atoms with Gasteiger partial charge in [-0.3, -0.25) is 0 Å². The summed E-state index contributed by atoms with van der Waals surface area (Å²) >= 11 is 3.36. The summed E-state index contributed by atoms with van der Waals surface area (Å²) < 4.78 is 0. The van der Waals surface area contributed by atoms with Crippen molar-refractivity contribution in [2.45, 2.75) is 19.3 Å². The fourth-order valence-corrected chi connectivity index (χ4v) is 0.845. The molecular weight excluding hydrogens is 189 g/mol. The van der Waals surface area contributed by atoms with Gasteiger partial charge >= 0.3 is 0 Å². The number of hydrogen-bond acceptors (Lipinski definition) is 0. The van der Waals surface area contributed by atoms with Crippen LogP contribution in [0.4, 0.5) is 0 Å². The number of rotatable bonds is 4. The number of alkyl halides is 1. The lowest BCUT2D eigenvalue weighted by Crippen LogP contribution is -3.00. The molecule has 0 aliphatic carbocycles. The minimum absolute atomic E-state index is 0.